The lowest BCUT2D eigenvalue weighted by atomic mass is 10.1. The molecule has 1 aromatic rings. The van der Waals surface area contributed by atoms with Crippen LogP contribution < -0.4 is 5.32 Å². The van der Waals surface area contributed by atoms with E-state index in [2.05, 4.69) is 11.2 Å². The number of carbonyl (C=O) groups excluding carboxylic acids is 1. The summed E-state index contributed by atoms with van der Waals surface area (Å²) in [5.74, 6) is 2.10. The topological polar surface area (TPSA) is 49.3 Å². The SMILES string of the molecule is C#CC(CC)NC(=O)c1cc(C)ccc1O. The van der Waals surface area contributed by atoms with Crippen LogP contribution in [0, 0.1) is 19.3 Å². The van der Waals surface area contributed by atoms with Crippen LogP contribution in [-0.2, 0) is 0 Å². The van der Waals surface area contributed by atoms with Gasteiger partial charge in [-0.15, -0.1) is 6.42 Å². The number of hydrogen-bond donors (Lipinski definition) is 2. The van der Waals surface area contributed by atoms with Crippen LogP contribution in [0.15, 0.2) is 18.2 Å². The highest BCUT2D eigenvalue weighted by molar-refractivity contribution is 5.97. The van der Waals surface area contributed by atoms with Gasteiger partial charge in [-0.2, -0.15) is 0 Å². The predicted octanol–water partition coefficient (Wildman–Crippen LogP) is 1.84. The quantitative estimate of drug-likeness (QED) is 0.759. The molecular formula is C13H15NO2. The van der Waals surface area contributed by atoms with Gasteiger partial charge >= 0.3 is 0 Å². The number of terminal acetylenes is 1. The predicted molar refractivity (Wildman–Crippen MR) is 63.2 cm³/mol. The lowest BCUT2D eigenvalue weighted by Crippen LogP contribution is -2.33. The number of rotatable bonds is 3. The van der Waals surface area contributed by atoms with Crippen molar-refractivity contribution < 1.29 is 9.90 Å². The molecule has 0 spiro atoms. The van der Waals surface area contributed by atoms with Crippen molar-refractivity contribution in [3.8, 4) is 18.1 Å². The first-order valence-electron chi connectivity index (χ1n) is 5.15. The van der Waals surface area contributed by atoms with E-state index in [1.54, 1.807) is 12.1 Å². The Hall–Kier alpha value is -1.95. The first-order valence-corrected chi connectivity index (χ1v) is 5.15. The van der Waals surface area contributed by atoms with Crippen molar-refractivity contribution in [2.45, 2.75) is 26.3 Å². The highest BCUT2D eigenvalue weighted by atomic mass is 16.3. The second kappa shape index (κ2) is 5.22. The van der Waals surface area contributed by atoms with Crippen LogP contribution in [-0.4, -0.2) is 17.1 Å². The molecule has 1 unspecified atom stereocenters. The maximum Gasteiger partial charge on any atom is 0.256 e. The Balaban J connectivity index is 2.89. The van der Waals surface area contributed by atoms with Gasteiger partial charge in [-0.3, -0.25) is 4.79 Å². The van der Waals surface area contributed by atoms with E-state index in [0.29, 0.717) is 6.42 Å². The number of aromatic hydroxyl groups is 1. The van der Waals surface area contributed by atoms with Gasteiger partial charge in [0.25, 0.3) is 5.91 Å². The Morgan fingerprint density at radius 2 is 2.31 bits per heavy atom. The Morgan fingerprint density at radius 1 is 1.62 bits per heavy atom. The van der Waals surface area contributed by atoms with Gasteiger partial charge in [0.1, 0.15) is 5.75 Å². The van der Waals surface area contributed by atoms with Crippen LogP contribution in [0.2, 0.25) is 0 Å². The smallest absolute Gasteiger partial charge is 0.256 e. The molecule has 1 rings (SSSR count). The van der Waals surface area contributed by atoms with Crippen molar-refractivity contribution in [3.63, 3.8) is 0 Å². The van der Waals surface area contributed by atoms with Gasteiger partial charge in [0, 0.05) is 0 Å². The molecule has 1 atom stereocenters. The average molecular weight is 217 g/mol. The third-order valence-corrected chi connectivity index (χ3v) is 2.31. The van der Waals surface area contributed by atoms with Crippen LogP contribution in [0.1, 0.15) is 29.3 Å². The van der Waals surface area contributed by atoms with Crippen molar-refractivity contribution in [1.82, 2.24) is 5.32 Å². The molecule has 1 aromatic carbocycles. The zero-order valence-electron chi connectivity index (χ0n) is 9.45. The minimum absolute atomic E-state index is 0.0324. The fourth-order valence-corrected chi connectivity index (χ4v) is 1.33. The van der Waals surface area contributed by atoms with E-state index < -0.39 is 0 Å². The fraction of sp³-hybridized carbons (Fsp3) is 0.308. The highest BCUT2D eigenvalue weighted by Gasteiger charge is 2.13. The van der Waals surface area contributed by atoms with Crippen LogP contribution in [0.5, 0.6) is 5.75 Å². The second-order valence-electron chi connectivity index (χ2n) is 3.62. The highest BCUT2D eigenvalue weighted by Crippen LogP contribution is 2.18. The molecule has 0 aliphatic carbocycles. The molecule has 0 aromatic heterocycles. The van der Waals surface area contributed by atoms with Gasteiger partial charge in [0.05, 0.1) is 11.6 Å². The average Bonchev–Trinajstić information content (AvgIpc) is 2.28. The number of nitrogens with one attached hydrogen (secondary N) is 1. The molecule has 0 heterocycles. The number of hydrogen-bond acceptors (Lipinski definition) is 2. The molecule has 0 radical (unpaired) electrons. The summed E-state index contributed by atoms with van der Waals surface area (Å²) in [6.45, 7) is 3.75. The first-order chi connectivity index (χ1) is 7.58. The molecule has 0 aliphatic rings. The molecule has 0 saturated carbocycles. The summed E-state index contributed by atoms with van der Waals surface area (Å²) in [7, 11) is 0. The Kier molecular flexibility index (Phi) is 3.96. The fourth-order valence-electron chi connectivity index (χ4n) is 1.33. The van der Waals surface area contributed by atoms with Crippen molar-refractivity contribution in [2.24, 2.45) is 0 Å². The van der Waals surface area contributed by atoms with E-state index in [1.807, 2.05) is 13.8 Å². The molecule has 0 bridgehead atoms. The van der Waals surface area contributed by atoms with Crippen LogP contribution >= 0.6 is 0 Å². The van der Waals surface area contributed by atoms with Crippen LogP contribution in [0.25, 0.3) is 0 Å². The van der Waals surface area contributed by atoms with E-state index in [0.717, 1.165) is 5.56 Å². The van der Waals surface area contributed by atoms with E-state index >= 15 is 0 Å². The summed E-state index contributed by atoms with van der Waals surface area (Å²) >= 11 is 0. The monoisotopic (exact) mass is 217 g/mol. The van der Waals surface area contributed by atoms with Gasteiger partial charge in [-0.25, -0.2) is 0 Å². The molecule has 16 heavy (non-hydrogen) atoms. The largest absolute Gasteiger partial charge is 0.507 e. The van der Waals surface area contributed by atoms with Crippen molar-refractivity contribution in [3.05, 3.63) is 29.3 Å². The van der Waals surface area contributed by atoms with Crippen LogP contribution in [0.4, 0.5) is 0 Å². The van der Waals surface area contributed by atoms with E-state index in [9.17, 15) is 9.90 Å². The second-order valence-corrected chi connectivity index (χ2v) is 3.62. The van der Waals surface area contributed by atoms with E-state index in [1.165, 1.54) is 6.07 Å². The summed E-state index contributed by atoms with van der Waals surface area (Å²) in [6.07, 6.45) is 5.91. The molecular weight excluding hydrogens is 202 g/mol. The molecule has 2 N–H and O–H groups in total. The van der Waals surface area contributed by atoms with E-state index in [-0.39, 0.29) is 23.3 Å². The maximum atomic E-state index is 11.8. The summed E-state index contributed by atoms with van der Waals surface area (Å²) in [4.78, 5) is 11.8. The van der Waals surface area contributed by atoms with Gasteiger partial charge in [-0.05, 0) is 25.5 Å². The molecule has 3 nitrogen and oxygen atoms in total. The zero-order chi connectivity index (χ0) is 12.1. The van der Waals surface area contributed by atoms with Crippen LogP contribution in [0.3, 0.4) is 0 Å². The number of phenolic OH excluding ortho intramolecular Hbond substituents is 1. The van der Waals surface area contributed by atoms with E-state index in [4.69, 9.17) is 6.42 Å². The zero-order valence-corrected chi connectivity index (χ0v) is 9.45. The molecule has 84 valence electrons. The summed E-state index contributed by atoms with van der Waals surface area (Å²) in [6, 6.07) is 4.58. The Labute approximate surface area is 95.5 Å². The Bertz CT molecular complexity index is 432. The summed E-state index contributed by atoms with van der Waals surface area (Å²) in [5, 5.41) is 12.2. The maximum absolute atomic E-state index is 11.8. The summed E-state index contributed by atoms with van der Waals surface area (Å²) < 4.78 is 0. The Morgan fingerprint density at radius 3 is 2.88 bits per heavy atom. The third kappa shape index (κ3) is 2.77. The number of carbonyl (C=O) groups is 1. The molecule has 3 heteroatoms. The minimum atomic E-state index is -0.342. The molecule has 0 saturated heterocycles. The van der Waals surface area contributed by atoms with Crippen molar-refractivity contribution in [2.75, 3.05) is 0 Å². The summed E-state index contributed by atoms with van der Waals surface area (Å²) in [5.41, 5.74) is 1.17. The number of benzene rings is 1. The number of phenols is 1. The van der Waals surface area contributed by atoms with Gasteiger partial charge in [0.15, 0.2) is 0 Å². The lowest BCUT2D eigenvalue weighted by molar-refractivity contribution is 0.0942. The van der Waals surface area contributed by atoms with Gasteiger partial charge in [0.2, 0.25) is 0 Å². The normalized spacial score (nSPS) is 11.6. The first kappa shape index (κ1) is 12.1. The van der Waals surface area contributed by atoms with Crippen molar-refractivity contribution >= 4 is 5.91 Å². The lowest BCUT2D eigenvalue weighted by Gasteiger charge is -2.11. The number of amides is 1. The van der Waals surface area contributed by atoms with Gasteiger partial charge in [-0.1, -0.05) is 24.5 Å². The standard InChI is InChI=1S/C13H15NO2/c1-4-10(5-2)14-13(16)11-8-9(3)6-7-12(11)15/h1,6-8,10,15H,5H2,2-3H3,(H,14,16). The number of aryl methyl sites for hydroxylation is 1. The molecule has 0 aliphatic heterocycles. The third-order valence-electron chi connectivity index (χ3n) is 2.31. The van der Waals surface area contributed by atoms with Crippen molar-refractivity contribution in [1.29, 1.82) is 0 Å². The molecule has 0 fully saturated rings. The molecule has 1 amide bonds. The minimum Gasteiger partial charge on any atom is -0.507 e. The van der Waals surface area contributed by atoms with Gasteiger partial charge < -0.3 is 10.4 Å².